The van der Waals surface area contributed by atoms with Crippen molar-refractivity contribution in [3.05, 3.63) is 48.3 Å². The summed E-state index contributed by atoms with van der Waals surface area (Å²) in [6, 6.07) is 14.7. The summed E-state index contributed by atoms with van der Waals surface area (Å²) in [6.07, 6.45) is 6.19. The number of nitrogens with zero attached hydrogens (tertiary/aromatic N) is 5. The molecule has 0 spiro atoms. The Morgan fingerprint density at radius 2 is 1.83 bits per heavy atom. The lowest BCUT2D eigenvalue weighted by molar-refractivity contribution is -0.138. The molecule has 2 aliphatic rings. The van der Waals surface area contributed by atoms with Crippen molar-refractivity contribution >= 4 is 33.6 Å². The summed E-state index contributed by atoms with van der Waals surface area (Å²) in [5.74, 6) is 2.24. The first-order valence-electron chi connectivity index (χ1n) is 12.9. The maximum absolute atomic E-state index is 12.8. The molecule has 7 heteroatoms. The van der Waals surface area contributed by atoms with Gasteiger partial charge < -0.3 is 14.3 Å². The Labute approximate surface area is 205 Å². The smallest absolute Gasteiger partial charge is 0.263 e. The molecular formula is C28H31N5O2. The number of anilines is 1. The Morgan fingerprint density at radius 3 is 2.57 bits per heavy atom. The average Bonchev–Trinajstić information content (AvgIpc) is 3.30. The highest BCUT2D eigenvalue weighted by Crippen LogP contribution is 2.36. The van der Waals surface area contributed by atoms with Gasteiger partial charge in [-0.15, -0.1) is 0 Å². The molecule has 1 aliphatic heterocycles. The SMILES string of the molecule is CCCCc1nc(N2CCN(C(=O)C3CCC3)CC2)c2c(-c3ccc4ccccc4c3)noc2n1. The lowest BCUT2D eigenvalue weighted by Crippen LogP contribution is -2.51. The fraction of sp³-hybridized carbons (Fsp3) is 0.429. The first-order chi connectivity index (χ1) is 17.2. The van der Waals surface area contributed by atoms with E-state index in [1.165, 1.54) is 11.8 Å². The van der Waals surface area contributed by atoms with E-state index in [0.29, 0.717) is 11.6 Å². The molecule has 3 heterocycles. The third-order valence-electron chi connectivity index (χ3n) is 7.49. The van der Waals surface area contributed by atoms with Crippen LogP contribution in [0.3, 0.4) is 0 Å². The number of carbonyl (C=O) groups excluding carboxylic acids is 1. The van der Waals surface area contributed by atoms with Crippen molar-refractivity contribution in [3.63, 3.8) is 0 Å². The fourth-order valence-corrected chi connectivity index (χ4v) is 5.14. The van der Waals surface area contributed by atoms with Crippen LogP contribution < -0.4 is 4.90 Å². The van der Waals surface area contributed by atoms with Gasteiger partial charge in [-0.1, -0.05) is 61.3 Å². The van der Waals surface area contributed by atoms with Crippen LogP contribution in [-0.2, 0) is 11.2 Å². The number of benzene rings is 2. The minimum absolute atomic E-state index is 0.241. The normalized spacial score (nSPS) is 16.7. The van der Waals surface area contributed by atoms with Gasteiger partial charge in [0, 0.05) is 44.1 Å². The summed E-state index contributed by atoms with van der Waals surface area (Å²) >= 11 is 0. The summed E-state index contributed by atoms with van der Waals surface area (Å²) in [5, 5.41) is 7.67. The monoisotopic (exact) mass is 469 g/mol. The Morgan fingerprint density at radius 1 is 1.03 bits per heavy atom. The molecular weight excluding hydrogens is 438 g/mol. The second-order valence-corrected chi connectivity index (χ2v) is 9.78. The van der Waals surface area contributed by atoms with Crippen LogP contribution in [0.25, 0.3) is 33.1 Å². The van der Waals surface area contributed by atoms with E-state index in [1.807, 2.05) is 17.0 Å². The lowest BCUT2D eigenvalue weighted by Gasteiger charge is -2.38. The minimum atomic E-state index is 0.241. The summed E-state index contributed by atoms with van der Waals surface area (Å²) in [5.41, 5.74) is 2.31. The van der Waals surface area contributed by atoms with Crippen LogP contribution in [0.1, 0.15) is 44.9 Å². The minimum Gasteiger partial charge on any atom is -0.352 e. The topological polar surface area (TPSA) is 75.4 Å². The molecule has 6 rings (SSSR count). The van der Waals surface area contributed by atoms with Gasteiger partial charge in [0.25, 0.3) is 5.71 Å². The quantitative estimate of drug-likeness (QED) is 0.385. The number of fused-ring (bicyclic) bond motifs is 2. The molecule has 180 valence electrons. The molecule has 1 amide bonds. The standard InChI is InChI=1S/C28H31N5O2/c1-2-3-11-23-29-26(32-14-16-33(17-15-32)28(34)20-9-6-10-20)24-25(31-35-27(24)30-23)22-13-12-19-7-4-5-8-21(19)18-22/h4-5,7-8,12-13,18,20H,2-3,6,9-11,14-17H2,1H3. The predicted octanol–water partition coefficient (Wildman–Crippen LogP) is 5.23. The van der Waals surface area contributed by atoms with Gasteiger partial charge >= 0.3 is 0 Å². The zero-order valence-corrected chi connectivity index (χ0v) is 20.2. The number of aryl methyl sites for hydroxylation is 1. The van der Waals surface area contributed by atoms with Crippen molar-refractivity contribution in [1.29, 1.82) is 0 Å². The highest BCUT2D eigenvalue weighted by molar-refractivity contribution is 6.00. The van der Waals surface area contributed by atoms with E-state index in [0.717, 1.165) is 92.0 Å². The van der Waals surface area contributed by atoms with Gasteiger partial charge in [0.15, 0.2) is 0 Å². The molecule has 0 N–H and O–H groups in total. The van der Waals surface area contributed by atoms with E-state index in [2.05, 4.69) is 47.3 Å². The number of unbranched alkanes of at least 4 members (excludes halogenated alkanes) is 1. The second-order valence-electron chi connectivity index (χ2n) is 9.78. The van der Waals surface area contributed by atoms with Crippen LogP contribution in [0.5, 0.6) is 0 Å². The van der Waals surface area contributed by atoms with E-state index in [9.17, 15) is 4.79 Å². The molecule has 4 aromatic rings. The van der Waals surface area contributed by atoms with E-state index in [4.69, 9.17) is 14.5 Å². The highest BCUT2D eigenvalue weighted by Gasteiger charge is 2.32. The van der Waals surface area contributed by atoms with Crippen LogP contribution >= 0.6 is 0 Å². The van der Waals surface area contributed by atoms with Crippen molar-refractivity contribution in [2.45, 2.75) is 45.4 Å². The molecule has 1 aliphatic carbocycles. The Kier molecular flexibility index (Phi) is 5.84. The predicted molar refractivity (Wildman–Crippen MR) is 137 cm³/mol. The van der Waals surface area contributed by atoms with E-state index in [1.54, 1.807) is 0 Å². The highest BCUT2D eigenvalue weighted by atomic mass is 16.5. The molecule has 2 fully saturated rings. The lowest BCUT2D eigenvalue weighted by atomic mass is 9.84. The molecule has 1 saturated carbocycles. The van der Waals surface area contributed by atoms with Crippen LogP contribution in [0.2, 0.25) is 0 Å². The third kappa shape index (κ3) is 4.13. The summed E-state index contributed by atoms with van der Waals surface area (Å²) in [7, 11) is 0. The average molecular weight is 470 g/mol. The molecule has 2 aromatic carbocycles. The van der Waals surface area contributed by atoms with Gasteiger partial charge in [-0.05, 0) is 36.1 Å². The van der Waals surface area contributed by atoms with Gasteiger partial charge in [-0.2, -0.15) is 4.98 Å². The number of rotatable bonds is 6. The van der Waals surface area contributed by atoms with Crippen LogP contribution in [0.4, 0.5) is 5.82 Å². The maximum atomic E-state index is 12.8. The summed E-state index contributed by atoms with van der Waals surface area (Å²) in [6.45, 7) is 5.12. The molecule has 0 atom stereocenters. The van der Waals surface area contributed by atoms with E-state index >= 15 is 0 Å². The second kappa shape index (κ2) is 9.29. The molecule has 7 nitrogen and oxygen atoms in total. The largest absolute Gasteiger partial charge is 0.352 e. The van der Waals surface area contributed by atoms with Crippen LogP contribution in [0, 0.1) is 5.92 Å². The molecule has 2 aromatic heterocycles. The van der Waals surface area contributed by atoms with Gasteiger partial charge in [0.2, 0.25) is 5.91 Å². The van der Waals surface area contributed by atoms with Gasteiger partial charge in [-0.3, -0.25) is 4.79 Å². The molecule has 35 heavy (non-hydrogen) atoms. The maximum Gasteiger partial charge on any atom is 0.263 e. The number of carbonyl (C=O) groups is 1. The molecule has 0 radical (unpaired) electrons. The summed E-state index contributed by atoms with van der Waals surface area (Å²) < 4.78 is 5.79. The van der Waals surface area contributed by atoms with Gasteiger partial charge in [-0.25, -0.2) is 4.98 Å². The van der Waals surface area contributed by atoms with E-state index in [-0.39, 0.29) is 5.92 Å². The first kappa shape index (κ1) is 22.0. The van der Waals surface area contributed by atoms with Crippen molar-refractivity contribution in [3.8, 4) is 11.3 Å². The van der Waals surface area contributed by atoms with Crippen molar-refractivity contribution in [2.24, 2.45) is 5.92 Å². The van der Waals surface area contributed by atoms with Crippen molar-refractivity contribution < 1.29 is 9.32 Å². The number of piperazine rings is 1. The van der Waals surface area contributed by atoms with Crippen molar-refractivity contribution in [2.75, 3.05) is 31.1 Å². The van der Waals surface area contributed by atoms with Crippen molar-refractivity contribution in [1.82, 2.24) is 20.0 Å². The molecule has 0 unspecified atom stereocenters. The third-order valence-corrected chi connectivity index (χ3v) is 7.49. The Balaban J connectivity index is 1.37. The fourth-order valence-electron chi connectivity index (χ4n) is 5.14. The number of aromatic nitrogens is 3. The first-order valence-corrected chi connectivity index (χ1v) is 12.9. The zero-order chi connectivity index (χ0) is 23.8. The Hall–Kier alpha value is -3.48. The number of amides is 1. The van der Waals surface area contributed by atoms with Crippen LogP contribution in [0.15, 0.2) is 47.0 Å². The number of hydrogen-bond donors (Lipinski definition) is 0. The molecule has 1 saturated heterocycles. The Bertz CT molecular complexity index is 1370. The zero-order valence-electron chi connectivity index (χ0n) is 20.2. The van der Waals surface area contributed by atoms with Gasteiger partial charge in [0.05, 0.1) is 0 Å². The summed E-state index contributed by atoms with van der Waals surface area (Å²) in [4.78, 5) is 26.8. The molecule has 0 bridgehead atoms. The van der Waals surface area contributed by atoms with Crippen LogP contribution in [-0.4, -0.2) is 52.1 Å². The number of hydrogen-bond acceptors (Lipinski definition) is 6. The van der Waals surface area contributed by atoms with E-state index < -0.39 is 0 Å². The van der Waals surface area contributed by atoms with Gasteiger partial charge in [0.1, 0.15) is 22.7 Å².